The Hall–Kier alpha value is -1.42. The van der Waals surface area contributed by atoms with E-state index in [0.717, 1.165) is 0 Å². The second-order valence-corrected chi connectivity index (χ2v) is 2.18. The third-order valence-electron chi connectivity index (χ3n) is 1.57. The molecule has 0 spiro atoms. The van der Waals surface area contributed by atoms with Gasteiger partial charge in [0.05, 0.1) is 14.2 Å². The lowest BCUT2D eigenvalue weighted by Crippen LogP contribution is -2.09. The van der Waals surface area contributed by atoms with Gasteiger partial charge < -0.3 is 14.9 Å². The summed E-state index contributed by atoms with van der Waals surface area (Å²) in [4.78, 5) is 0. The highest BCUT2D eigenvalue weighted by Gasteiger charge is 2.06. The summed E-state index contributed by atoms with van der Waals surface area (Å²) < 4.78 is 10.1. The molecule has 4 nitrogen and oxygen atoms in total. The number of nitrogens with two attached hydrogens (primary N) is 1. The highest BCUT2D eigenvalue weighted by Crippen LogP contribution is 2.32. The van der Waals surface area contributed by atoms with Gasteiger partial charge in [0.2, 0.25) is 0 Å². The van der Waals surface area contributed by atoms with Crippen molar-refractivity contribution in [3.05, 3.63) is 18.2 Å². The summed E-state index contributed by atoms with van der Waals surface area (Å²) >= 11 is 0. The van der Waals surface area contributed by atoms with Gasteiger partial charge in [-0.05, 0) is 12.1 Å². The number of nitrogen functional groups attached to an aromatic ring is 1. The van der Waals surface area contributed by atoms with Crippen molar-refractivity contribution >= 4 is 5.69 Å². The Morgan fingerprint density at radius 3 is 2.00 bits per heavy atom. The summed E-state index contributed by atoms with van der Waals surface area (Å²) in [6.45, 7) is 0. The fourth-order valence-corrected chi connectivity index (χ4v) is 0.993. The lowest BCUT2D eigenvalue weighted by Gasteiger charge is -2.11. The maximum absolute atomic E-state index is 5.29. The second kappa shape index (κ2) is 3.82. The number of rotatable bonds is 3. The smallest absolute Gasteiger partial charge is 0.147 e. The summed E-state index contributed by atoms with van der Waals surface area (Å²) in [5, 5.41) is 0. The zero-order valence-electron chi connectivity index (χ0n) is 7.13. The number of anilines is 1. The summed E-state index contributed by atoms with van der Waals surface area (Å²) in [5.41, 5.74) is 3.17. The van der Waals surface area contributed by atoms with E-state index in [9.17, 15) is 0 Å². The molecule has 1 aromatic rings. The van der Waals surface area contributed by atoms with Crippen molar-refractivity contribution in [2.45, 2.75) is 0 Å². The Kier molecular flexibility index (Phi) is 2.76. The standard InChI is InChI=1S/C8H12N2O2/c1-11-6-4-3-5-7(12-2)8(6)10-9/h3-5,10H,9H2,1-2H3. The fraction of sp³-hybridized carbons (Fsp3) is 0.250. The largest absolute Gasteiger partial charge is 0.494 e. The van der Waals surface area contributed by atoms with Crippen molar-refractivity contribution < 1.29 is 9.47 Å². The zero-order chi connectivity index (χ0) is 8.97. The number of hydrazine groups is 1. The van der Waals surface area contributed by atoms with Crippen molar-refractivity contribution in [3.63, 3.8) is 0 Å². The first kappa shape index (κ1) is 8.67. The number of ether oxygens (including phenoxy) is 2. The molecule has 0 saturated heterocycles. The number of methoxy groups -OCH3 is 2. The molecule has 0 unspecified atom stereocenters. The van der Waals surface area contributed by atoms with Gasteiger partial charge in [-0.2, -0.15) is 0 Å². The van der Waals surface area contributed by atoms with Crippen LogP contribution in [0.15, 0.2) is 18.2 Å². The van der Waals surface area contributed by atoms with Crippen molar-refractivity contribution in [1.82, 2.24) is 0 Å². The van der Waals surface area contributed by atoms with E-state index in [1.165, 1.54) is 0 Å². The molecule has 1 rings (SSSR count). The number of nitrogens with one attached hydrogen (secondary N) is 1. The monoisotopic (exact) mass is 168 g/mol. The molecule has 12 heavy (non-hydrogen) atoms. The van der Waals surface area contributed by atoms with Crippen LogP contribution in [0.3, 0.4) is 0 Å². The van der Waals surface area contributed by atoms with E-state index in [4.69, 9.17) is 15.3 Å². The van der Waals surface area contributed by atoms with Gasteiger partial charge in [-0.15, -0.1) is 0 Å². The highest BCUT2D eigenvalue weighted by molar-refractivity contribution is 5.65. The van der Waals surface area contributed by atoms with Crippen LogP contribution in [0.25, 0.3) is 0 Å². The molecular weight excluding hydrogens is 156 g/mol. The third-order valence-corrected chi connectivity index (χ3v) is 1.57. The van der Waals surface area contributed by atoms with Gasteiger partial charge in [0.15, 0.2) is 0 Å². The van der Waals surface area contributed by atoms with Crippen molar-refractivity contribution in [2.24, 2.45) is 5.84 Å². The van der Waals surface area contributed by atoms with Gasteiger partial charge in [0.25, 0.3) is 0 Å². The quantitative estimate of drug-likeness (QED) is 0.522. The minimum Gasteiger partial charge on any atom is -0.494 e. The Morgan fingerprint density at radius 2 is 1.67 bits per heavy atom. The number of para-hydroxylation sites is 1. The van der Waals surface area contributed by atoms with E-state index in [2.05, 4.69) is 5.43 Å². The number of benzene rings is 1. The topological polar surface area (TPSA) is 56.5 Å². The third kappa shape index (κ3) is 1.43. The highest BCUT2D eigenvalue weighted by atomic mass is 16.5. The summed E-state index contributed by atoms with van der Waals surface area (Å²) in [6.07, 6.45) is 0. The summed E-state index contributed by atoms with van der Waals surface area (Å²) in [6, 6.07) is 5.44. The van der Waals surface area contributed by atoms with Crippen molar-refractivity contribution in [3.8, 4) is 11.5 Å². The molecule has 1 aromatic carbocycles. The minimum atomic E-state index is 0.655. The molecule has 0 aromatic heterocycles. The zero-order valence-corrected chi connectivity index (χ0v) is 7.13. The van der Waals surface area contributed by atoms with E-state index in [1.54, 1.807) is 26.4 Å². The van der Waals surface area contributed by atoms with Crippen LogP contribution in [0.5, 0.6) is 11.5 Å². The van der Waals surface area contributed by atoms with E-state index in [1.807, 2.05) is 6.07 Å². The number of hydrogen-bond donors (Lipinski definition) is 2. The summed E-state index contributed by atoms with van der Waals surface area (Å²) in [5.74, 6) is 6.62. The molecule has 0 aliphatic heterocycles. The Labute approximate surface area is 71.2 Å². The fourth-order valence-electron chi connectivity index (χ4n) is 0.993. The molecule has 0 fully saturated rings. The van der Waals surface area contributed by atoms with E-state index in [-0.39, 0.29) is 0 Å². The molecular formula is C8H12N2O2. The molecule has 0 radical (unpaired) electrons. The maximum Gasteiger partial charge on any atom is 0.147 e. The predicted octanol–water partition coefficient (Wildman–Crippen LogP) is 0.989. The predicted molar refractivity (Wildman–Crippen MR) is 47.4 cm³/mol. The molecule has 0 atom stereocenters. The van der Waals surface area contributed by atoms with Crippen LogP contribution in [0.2, 0.25) is 0 Å². The Morgan fingerprint density at radius 1 is 1.17 bits per heavy atom. The lowest BCUT2D eigenvalue weighted by molar-refractivity contribution is 0.397. The summed E-state index contributed by atoms with van der Waals surface area (Å²) in [7, 11) is 3.16. The molecule has 0 heterocycles. The van der Waals surface area contributed by atoms with Crippen molar-refractivity contribution in [1.29, 1.82) is 0 Å². The molecule has 0 aliphatic rings. The average molecular weight is 168 g/mol. The molecule has 66 valence electrons. The molecule has 0 saturated carbocycles. The molecule has 0 aliphatic carbocycles. The lowest BCUT2D eigenvalue weighted by atomic mass is 10.3. The van der Waals surface area contributed by atoms with Gasteiger partial charge in [-0.25, -0.2) is 0 Å². The molecule has 0 bridgehead atoms. The SMILES string of the molecule is COc1cccc(OC)c1NN. The second-order valence-electron chi connectivity index (χ2n) is 2.18. The van der Waals surface area contributed by atoms with Gasteiger partial charge in [-0.3, -0.25) is 5.84 Å². The Balaban J connectivity index is 3.13. The molecule has 4 heteroatoms. The van der Waals surface area contributed by atoms with E-state index < -0.39 is 0 Å². The molecule has 3 N–H and O–H groups in total. The average Bonchev–Trinajstić information content (AvgIpc) is 2.16. The minimum absolute atomic E-state index is 0.655. The Bertz CT molecular complexity index is 241. The number of hydrogen-bond acceptors (Lipinski definition) is 4. The van der Waals surface area contributed by atoms with Gasteiger partial charge in [0.1, 0.15) is 17.2 Å². The van der Waals surface area contributed by atoms with Gasteiger partial charge in [-0.1, -0.05) is 6.07 Å². The van der Waals surface area contributed by atoms with Crippen LogP contribution in [-0.2, 0) is 0 Å². The first-order chi connectivity index (χ1) is 5.83. The van der Waals surface area contributed by atoms with E-state index in [0.29, 0.717) is 17.2 Å². The van der Waals surface area contributed by atoms with Crippen LogP contribution in [0.4, 0.5) is 5.69 Å². The van der Waals surface area contributed by atoms with Crippen LogP contribution in [-0.4, -0.2) is 14.2 Å². The normalized spacial score (nSPS) is 9.25. The van der Waals surface area contributed by atoms with Crippen LogP contribution in [0, 0.1) is 0 Å². The van der Waals surface area contributed by atoms with Crippen LogP contribution < -0.4 is 20.7 Å². The molecule has 0 amide bonds. The van der Waals surface area contributed by atoms with E-state index >= 15 is 0 Å². The first-order valence-corrected chi connectivity index (χ1v) is 3.51. The van der Waals surface area contributed by atoms with Crippen LogP contribution >= 0.6 is 0 Å². The van der Waals surface area contributed by atoms with Crippen LogP contribution in [0.1, 0.15) is 0 Å². The van der Waals surface area contributed by atoms with Crippen molar-refractivity contribution in [2.75, 3.05) is 19.6 Å². The van der Waals surface area contributed by atoms with Gasteiger partial charge >= 0.3 is 0 Å². The maximum atomic E-state index is 5.29. The van der Waals surface area contributed by atoms with Gasteiger partial charge in [0, 0.05) is 0 Å². The first-order valence-electron chi connectivity index (χ1n) is 3.51.